The second kappa shape index (κ2) is 9.05. The summed E-state index contributed by atoms with van der Waals surface area (Å²) in [6.45, 7) is 12.2. The highest BCUT2D eigenvalue weighted by Crippen LogP contribution is 2.23. The van der Waals surface area contributed by atoms with Crippen LogP contribution in [0.25, 0.3) is 0 Å². The van der Waals surface area contributed by atoms with Gasteiger partial charge in [-0.1, -0.05) is 42.5 Å². The van der Waals surface area contributed by atoms with E-state index >= 15 is 0 Å². The summed E-state index contributed by atoms with van der Waals surface area (Å²) in [5.74, 6) is 0.224. The van der Waals surface area contributed by atoms with E-state index in [1.54, 1.807) is 0 Å². The second-order valence-electron chi connectivity index (χ2n) is 7.38. The van der Waals surface area contributed by atoms with Crippen LogP contribution in [0.15, 0.2) is 48.5 Å². The Morgan fingerprint density at radius 3 is 2.33 bits per heavy atom. The minimum atomic E-state index is 0.224. The molecule has 1 heterocycles. The Hall–Kier alpha value is -2.33. The van der Waals surface area contributed by atoms with Gasteiger partial charge in [-0.05, 0) is 43.5 Å². The molecule has 1 fully saturated rings. The summed E-state index contributed by atoms with van der Waals surface area (Å²) in [4.78, 5) is 19.5. The van der Waals surface area contributed by atoms with E-state index in [2.05, 4.69) is 60.9 Å². The van der Waals surface area contributed by atoms with Crippen LogP contribution in [0.5, 0.6) is 0 Å². The first kappa shape index (κ1) is 19.4. The maximum atomic E-state index is 12.8. The standard InChI is InChI=1S/C23H31N3O/c1-4-25(17-21-10-6-5-7-11-21)23(27)18-24-13-15-26(16-14-24)22-12-8-9-19(2)20(22)3/h5-12H,4,13-18H2,1-3H3. The first-order valence-corrected chi connectivity index (χ1v) is 9.93. The van der Waals surface area contributed by atoms with Gasteiger partial charge in [0, 0.05) is 45.0 Å². The van der Waals surface area contributed by atoms with Crippen molar-refractivity contribution in [2.45, 2.75) is 27.3 Å². The van der Waals surface area contributed by atoms with Crippen LogP contribution in [-0.4, -0.2) is 55.0 Å². The molecule has 0 N–H and O–H groups in total. The van der Waals surface area contributed by atoms with E-state index in [4.69, 9.17) is 0 Å². The fraction of sp³-hybridized carbons (Fsp3) is 0.435. The molecule has 3 rings (SSSR count). The number of amides is 1. The van der Waals surface area contributed by atoms with Crippen molar-refractivity contribution >= 4 is 11.6 Å². The molecule has 0 radical (unpaired) electrons. The van der Waals surface area contributed by atoms with Gasteiger partial charge in [0.1, 0.15) is 0 Å². The first-order valence-electron chi connectivity index (χ1n) is 9.93. The highest BCUT2D eigenvalue weighted by atomic mass is 16.2. The maximum absolute atomic E-state index is 12.8. The number of rotatable bonds is 6. The summed E-state index contributed by atoms with van der Waals surface area (Å²) in [7, 11) is 0. The average molecular weight is 366 g/mol. The molecule has 2 aromatic rings. The minimum absolute atomic E-state index is 0.224. The third kappa shape index (κ3) is 4.89. The molecule has 0 bridgehead atoms. The zero-order chi connectivity index (χ0) is 19.2. The van der Waals surface area contributed by atoms with Gasteiger partial charge in [-0.2, -0.15) is 0 Å². The van der Waals surface area contributed by atoms with Crippen molar-refractivity contribution < 1.29 is 4.79 Å². The summed E-state index contributed by atoms with van der Waals surface area (Å²) < 4.78 is 0. The van der Waals surface area contributed by atoms with Gasteiger partial charge in [0.25, 0.3) is 0 Å². The van der Waals surface area contributed by atoms with Gasteiger partial charge in [0.15, 0.2) is 0 Å². The van der Waals surface area contributed by atoms with E-state index in [1.165, 1.54) is 22.4 Å². The van der Waals surface area contributed by atoms with E-state index in [0.29, 0.717) is 13.1 Å². The Kier molecular flexibility index (Phi) is 6.51. The van der Waals surface area contributed by atoms with Gasteiger partial charge in [-0.25, -0.2) is 0 Å². The molecule has 0 aliphatic carbocycles. The number of hydrogen-bond acceptors (Lipinski definition) is 3. The summed E-state index contributed by atoms with van der Waals surface area (Å²) in [5, 5.41) is 0. The number of carbonyl (C=O) groups excluding carboxylic acids is 1. The normalized spacial score (nSPS) is 15.0. The van der Waals surface area contributed by atoms with Crippen LogP contribution in [0, 0.1) is 13.8 Å². The minimum Gasteiger partial charge on any atom is -0.369 e. The number of piperazine rings is 1. The van der Waals surface area contributed by atoms with Crippen LogP contribution in [0.2, 0.25) is 0 Å². The molecule has 1 saturated heterocycles. The first-order chi connectivity index (χ1) is 13.1. The molecule has 4 heteroatoms. The van der Waals surface area contributed by atoms with Crippen LogP contribution >= 0.6 is 0 Å². The number of hydrogen-bond donors (Lipinski definition) is 0. The van der Waals surface area contributed by atoms with Crippen molar-refractivity contribution in [3.63, 3.8) is 0 Å². The Bertz CT molecular complexity index is 751. The molecule has 2 aromatic carbocycles. The lowest BCUT2D eigenvalue weighted by Crippen LogP contribution is -2.50. The highest BCUT2D eigenvalue weighted by Gasteiger charge is 2.22. The van der Waals surface area contributed by atoms with Crippen molar-refractivity contribution in [3.8, 4) is 0 Å². The van der Waals surface area contributed by atoms with E-state index < -0.39 is 0 Å². The molecule has 1 aliphatic rings. The molecule has 1 aliphatic heterocycles. The molecular weight excluding hydrogens is 334 g/mol. The Labute approximate surface area is 163 Å². The van der Waals surface area contributed by atoms with Gasteiger partial charge in [-0.3, -0.25) is 9.69 Å². The lowest BCUT2D eigenvalue weighted by Gasteiger charge is -2.37. The summed E-state index contributed by atoms with van der Waals surface area (Å²) in [5.41, 5.74) is 5.22. The molecule has 0 atom stereocenters. The molecule has 0 saturated carbocycles. The smallest absolute Gasteiger partial charge is 0.237 e. The summed E-state index contributed by atoms with van der Waals surface area (Å²) >= 11 is 0. The lowest BCUT2D eigenvalue weighted by atomic mass is 10.1. The highest BCUT2D eigenvalue weighted by molar-refractivity contribution is 5.78. The van der Waals surface area contributed by atoms with Crippen LogP contribution in [0.4, 0.5) is 5.69 Å². The number of likely N-dealkylation sites (N-methyl/N-ethyl adjacent to an activating group) is 1. The van der Waals surface area contributed by atoms with Gasteiger partial charge >= 0.3 is 0 Å². The monoisotopic (exact) mass is 365 g/mol. The zero-order valence-electron chi connectivity index (χ0n) is 16.8. The third-order valence-electron chi connectivity index (χ3n) is 5.60. The van der Waals surface area contributed by atoms with Crippen molar-refractivity contribution in [1.82, 2.24) is 9.80 Å². The maximum Gasteiger partial charge on any atom is 0.237 e. The van der Waals surface area contributed by atoms with Gasteiger partial charge in [0.05, 0.1) is 6.54 Å². The fourth-order valence-corrected chi connectivity index (χ4v) is 3.70. The number of aryl methyl sites for hydroxylation is 1. The van der Waals surface area contributed by atoms with Crippen LogP contribution in [-0.2, 0) is 11.3 Å². The van der Waals surface area contributed by atoms with Crippen molar-refractivity contribution in [1.29, 1.82) is 0 Å². The van der Waals surface area contributed by atoms with Crippen LogP contribution in [0.1, 0.15) is 23.6 Å². The topological polar surface area (TPSA) is 26.8 Å². The van der Waals surface area contributed by atoms with E-state index in [9.17, 15) is 4.79 Å². The predicted octanol–water partition coefficient (Wildman–Crippen LogP) is 3.47. The molecule has 144 valence electrons. The Balaban J connectivity index is 1.53. The van der Waals surface area contributed by atoms with Crippen LogP contribution < -0.4 is 4.90 Å². The number of carbonyl (C=O) groups is 1. The molecule has 27 heavy (non-hydrogen) atoms. The van der Waals surface area contributed by atoms with Crippen molar-refractivity contribution in [2.24, 2.45) is 0 Å². The van der Waals surface area contributed by atoms with Gasteiger partial charge in [-0.15, -0.1) is 0 Å². The molecule has 0 unspecified atom stereocenters. The molecular formula is C23H31N3O. The molecule has 4 nitrogen and oxygen atoms in total. The van der Waals surface area contributed by atoms with E-state index in [-0.39, 0.29) is 5.91 Å². The number of benzene rings is 2. The van der Waals surface area contributed by atoms with Crippen LogP contribution in [0.3, 0.4) is 0 Å². The van der Waals surface area contributed by atoms with Gasteiger partial charge < -0.3 is 9.80 Å². The van der Waals surface area contributed by atoms with Gasteiger partial charge in [0.2, 0.25) is 5.91 Å². The lowest BCUT2D eigenvalue weighted by molar-refractivity contribution is -0.132. The average Bonchev–Trinajstić information content (AvgIpc) is 2.69. The quantitative estimate of drug-likeness (QED) is 0.784. The Morgan fingerprint density at radius 1 is 0.963 bits per heavy atom. The number of anilines is 1. The fourth-order valence-electron chi connectivity index (χ4n) is 3.70. The van der Waals surface area contributed by atoms with E-state index in [0.717, 1.165) is 32.7 Å². The third-order valence-corrected chi connectivity index (χ3v) is 5.60. The largest absolute Gasteiger partial charge is 0.369 e. The predicted molar refractivity (Wildman–Crippen MR) is 112 cm³/mol. The van der Waals surface area contributed by atoms with E-state index in [1.807, 2.05) is 23.1 Å². The molecule has 1 amide bonds. The summed E-state index contributed by atoms with van der Waals surface area (Å²) in [6.07, 6.45) is 0. The summed E-state index contributed by atoms with van der Waals surface area (Å²) in [6, 6.07) is 16.7. The zero-order valence-corrected chi connectivity index (χ0v) is 16.8. The number of nitrogens with zero attached hydrogens (tertiary/aromatic N) is 3. The second-order valence-corrected chi connectivity index (χ2v) is 7.38. The van der Waals surface area contributed by atoms with Crippen molar-refractivity contribution in [3.05, 3.63) is 65.2 Å². The Morgan fingerprint density at radius 2 is 1.67 bits per heavy atom. The van der Waals surface area contributed by atoms with Crippen molar-refractivity contribution in [2.75, 3.05) is 44.2 Å². The molecule has 0 spiro atoms. The molecule has 0 aromatic heterocycles. The SMILES string of the molecule is CCN(Cc1ccccc1)C(=O)CN1CCN(c2cccc(C)c2C)CC1.